The summed E-state index contributed by atoms with van der Waals surface area (Å²) in [6.45, 7) is 7.91. The predicted octanol–water partition coefficient (Wildman–Crippen LogP) is 3.05. The molecule has 0 spiro atoms. The average molecular weight is 320 g/mol. The molecule has 0 bridgehead atoms. The van der Waals surface area contributed by atoms with Gasteiger partial charge in [-0.15, -0.1) is 0 Å². The largest absolute Gasteiger partial charge is 0.388 e. The molecule has 23 heavy (non-hydrogen) atoms. The molecule has 0 radical (unpaired) electrons. The minimum Gasteiger partial charge on any atom is -0.388 e. The van der Waals surface area contributed by atoms with Gasteiger partial charge in [-0.1, -0.05) is 32.0 Å². The Balaban J connectivity index is 0.000000477. The number of nitrogens with two attached hydrogens (primary N) is 1. The van der Waals surface area contributed by atoms with Gasteiger partial charge in [0.05, 0.1) is 19.1 Å². The van der Waals surface area contributed by atoms with E-state index in [4.69, 9.17) is 10.5 Å². The maximum atomic E-state index is 11.6. The number of nitrogens with zero attached hydrogens (tertiary/aromatic N) is 1. The fraction of sp³-hybridized carbons (Fsp3) is 0.500. The van der Waals surface area contributed by atoms with Crippen molar-refractivity contribution < 1.29 is 14.3 Å². The van der Waals surface area contributed by atoms with E-state index < -0.39 is 0 Å². The predicted molar refractivity (Wildman–Crippen MR) is 93.5 cm³/mol. The number of amides is 1. The third-order valence-corrected chi connectivity index (χ3v) is 3.65. The van der Waals surface area contributed by atoms with Crippen LogP contribution < -0.4 is 5.73 Å². The second-order valence-electron chi connectivity index (χ2n) is 5.00. The summed E-state index contributed by atoms with van der Waals surface area (Å²) < 4.78 is 12.0. The van der Waals surface area contributed by atoms with Crippen molar-refractivity contribution in [2.24, 2.45) is 5.73 Å². The number of methoxy groups -OCH3 is 1. The van der Waals surface area contributed by atoms with E-state index in [9.17, 15) is 4.79 Å². The second-order valence-corrected chi connectivity index (χ2v) is 5.00. The maximum Gasteiger partial charge on any atom is 0.227 e. The van der Waals surface area contributed by atoms with E-state index in [0.29, 0.717) is 13.2 Å². The molecule has 0 saturated carbocycles. The number of aryl methyl sites for hydroxylation is 1. The molecule has 0 fully saturated rings. The molecule has 0 aliphatic carbocycles. The average Bonchev–Trinajstić information content (AvgIpc) is 2.91. The number of hydrogen-bond donors (Lipinski definition) is 1. The van der Waals surface area contributed by atoms with E-state index >= 15 is 0 Å². The summed E-state index contributed by atoms with van der Waals surface area (Å²) in [5.41, 5.74) is 8.80. The smallest absolute Gasteiger partial charge is 0.227 e. The number of para-hydroxylation sites is 1. The van der Waals surface area contributed by atoms with Crippen molar-refractivity contribution in [1.82, 2.24) is 4.57 Å². The summed E-state index contributed by atoms with van der Waals surface area (Å²) in [4.78, 5) is 11.6. The third-order valence-electron chi connectivity index (χ3n) is 3.65. The molecule has 1 aromatic heterocycles. The fourth-order valence-corrected chi connectivity index (χ4v) is 2.87. The first-order chi connectivity index (χ1) is 11.2. The van der Waals surface area contributed by atoms with Crippen molar-refractivity contribution in [3.8, 4) is 0 Å². The van der Waals surface area contributed by atoms with E-state index in [-0.39, 0.29) is 11.8 Å². The zero-order valence-corrected chi connectivity index (χ0v) is 14.8. The molecule has 1 amide bonds. The summed E-state index contributed by atoms with van der Waals surface area (Å²) in [5, 5.41) is 1.13. The normalized spacial score (nSPS) is 15.8. The van der Waals surface area contributed by atoms with Crippen LogP contribution in [0.25, 0.3) is 10.9 Å². The number of benzene rings is 1. The Kier molecular flexibility index (Phi) is 7.78. The molecule has 5 heteroatoms. The topological polar surface area (TPSA) is 66.5 Å². The summed E-state index contributed by atoms with van der Waals surface area (Å²) >= 11 is 0. The Morgan fingerprint density at radius 3 is 2.52 bits per heavy atom. The number of primary amides is 1. The van der Waals surface area contributed by atoms with Gasteiger partial charge < -0.3 is 19.8 Å². The Morgan fingerprint density at radius 1 is 1.35 bits per heavy atom. The molecular formula is C18H28N2O3. The Hall–Kier alpha value is -1.85. The highest BCUT2D eigenvalue weighted by molar-refractivity contribution is 5.93. The lowest BCUT2D eigenvalue weighted by Gasteiger charge is -2.22. The summed E-state index contributed by atoms with van der Waals surface area (Å²) in [5.74, 6) is -0.638. The molecular weight excluding hydrogens is 292 g/mol. The highest BCUT2D eigenvalue weighted by atomic mass is 16.5. The third kappa shape index (κ3) is 3.92. The molecule has 1 aliphatic rings. The van der Waals surface area contributed by atoms with E-state index in [0.717, 1.165) is 28.7 Å². The molecule has 0 saturated heterocycles. The van der Waals surface area contributed by atoms with Crippen LogP contribution in [0, 0.1) is 0 Å². The van der Waals surface area contributed by atoms with Gasteiger partial charge in [0.25, 0.3) is 0 Å². The minimum absolute atomic E-state index is 0.310. The lowest BCUT2D eigenvalue weighted by molar-refractivity contribution is -0.121. The highest BCUT2D eigenvalue weighted by Gasteiger charge is 2.30. The molecule has 1 atom stereocenters. The zero-order chi connectivity index (χ0) is 17.4. The van der Waals surface area contributed by atoms with E-state index in [1.54, 1.807) is 14.2 Å². The van der Waals surface area contributed by atoms with Gasteiger partial charge in [-0.05, 0) is 18.6 Å². The van der Waals surface area contributed by atoms with Crippen LogP contribution in [0.2, 0.25) is 0 Å². The van der Waals surface area contributed by atoms with Crippen LogP contribution in [0.1, 0.15) is 37.9 Å². The van der Waals surface area contributed by atoms with Crippen LogP contribution in [0.5, 0.6) is 0 Å². The van der Waals surface area contributed by atoms with Crippen LogP contribution >= 0.6 is 0 Å². The van der Waals surface area contributed by atoms with Crippen molar-refractivity contribution in [2.75, 3.05) is 20.8 Å². The van der Waals surface area contributed by atoms with Crippen molar-refractivity contribution in [3.63, 3.8) is 0 Å². The Labute approximate surface area is 138 Å². The van der Waals surface area contributed by atoms with Crippen LogP contribution in [0.4, 0.5) is 0 Å². The number of ether oxygens (including phenoxy) is 2. The van der Waals surface area contributed by atoms with Gasteiger partial charge in [0, 0.05) is 37.4 Å². The SMILES string of the molecule is CC.CCn1c2c(c3ccccc31)C(C(N)=O)COC2.COC. The van der Waals surface area contributed by atoms with E-state index in [1.165, 1.54) is 0 Å². The molecule has 1 aliphatic heterocycles. The fourth-order valence-electron chi connectivity index (χ4n) is 2.87. The Bertz CT molecular complexity index is 634. The first kappa shape index (κ1) is 19.2. The first-order valence-electron chi connectivity index (χ1n) is 8.02. The van der Waals surface area contributed by atoms with Crippen molar-refractivity contribution in [2.45, 2.75) is 39.8 Å². The first-order valence-corrected chi connectivity index (χ1v) is 8.02. The van der Waals surface area contributed by atoms with Gasteiger partial charge in [0.1, 0.15) is 0 Å². The lowest BCUT2D eigenvalue weighted by Crippen LogP contribution is -2.29. The highest BCUT2D eigenvalue weighted by Crippen LogP contribution is 2.35. The van der Waals surface area contributed by atoms with Crippen LogP contribution in [-0.4, -0.2) is 31.3 Å². The van der Waals surface area contributed by atoms with Crippen LogP contribution in [0.3, 0.4) is 0 Å². The van der Waals surface area contributed by atoms with Gasteiger partial charge in [-0.25, -0.2) is 0 Å². The molecule has 2 N–H and O–H groups in total. The molecule has 5 nitrogen and oxygen atoms in total. The van der Waals surface area contributed by atoms with Gasteiger partial charge in [-0.2, -0.15) is 0 Å². The van der Waals surface area contributed by atoms with E-state index in [1.807, 2.05) is 26.0 Å². The minimum atomic E-state index is -0.327. The standard InChI is InChI=1S/C14H16N2O2.C2H6O.C2H6/c1-2-16-11-6-4-3-5-9(11)13-10(14(15)17)7-18-8-12(13)16;1-3-2;1-2/h3-6,10H,2,7-8H2,1H3,(H2,15,17);1-2H3;1-2H3. The summed E-state index contributed by atoms with van der Waals surface area (Å²) in [6, 6.07) is 8.15. The van der Waals surface area contributed by atoms with Crippen LogP contribution in [-0.2, 0) is 27.4 Å². The molecule has 1 aromatic carbocycles. The number of carbonyl (C=O) groups excluding carboxylic acids is 1. The van der Waals surface area contributed by atoms with Gasteiger partial charge in [0.2, 0.25) is 5.91 Å². The summed E-state index contributed by atoms with van der Waals surface area (Å²) in [7, 11) is 3.25. The molecule has 2 aromatic rings. The number of fused-ring (bicyclic) bond motifs is 3. The maximum absolute atomic E-state index is 11.6. The van der Waals surface area contributed by atoms with E-state index in [2.05, 4.69) is 28.4 Å². The molecule has 128 valence electrons. The van der Waals surface area contributed by atoms with Crippen molar-refractivity contribution >= 4 is 16.8 Å². The summed E-state index contributed by atoms with van der Waals surface area (Å²) in [6.07, 6.45) is 0. The zero-order valence-electron chi connectivity index (χ0n) is 14.8. The Morgan fingerprint density at radius 2 is 1.96 bits per heavy atom. The van der Waals surface area contributed by atoms with Gasteiger partial charge in [-0.3, -0.25) is 4.79 Å². The van der Waals surface area contributed by atoms with Crippen LogP contribution in [0.15, 0.2) is 24.3 Å². The number of aromatic nitrogens is 1. The quantitative estimate of drug-likeness (QED) is 0.925. The molecule has 3 rings (SSSR count). The molecule has 1 unspecified atom stereocenters. The second kappa shape index (κ2) is 9.33. The number of carbonyl (C=O) groups is 1. The van der Waals surface area contributed by atoms with Gasteiger partial charge >= 0.3 is 0 Å². The molecule has 2 heterocycles. The number of hydrogen-bond acceptors (Lipinski definition) is 3. The van der Waals surface area contributed by atoms with Crippen molar-refractivity contribution in [1.29, 1.82) is 0 Å². The number of rotatable bonds is 2. The van der Waals surface area contributed by atoms with Gasteiger partial charge in [0.15, 0.2) is 0 Å². The monoisotopic (exact) mass is 320 g/mol. The van der Waals surface area contributed by atoms with Crippen molar-refractivity contribution in [3.05, 3.63) is 35.5 Å². The lowest BCUT2D eigenvalue weighted by atomic mass is 9.94.